The van der Waals surface area contributed by atoms with Crippen molar-refractivity contribution in [3.05, 3.63) is 28.0 Å². The van der Waals surface area contributed by atoms with Crippen LogP contribution in [0.25, 0.3) is 0 Å². The lowest BCUT2D eigenvalue weighted by Gasteiger charge is -2.06. The van der Waals surface area contributed by atoms with Gasteiger partial charge in [-0.25, -0.2) is 9.18 Å². The number of halogens is 2. The molecule has 1 aromatic rings. The van der Waals surface area contributed by atoms with E-state index in [9.17, 15) is 19.1 Å². The molecule has 1 rings (SSSR count). The summed E-state index contributed by atoms with van der Waals surface area (Å²) in [5, 5.41) is 9.33. The predicted molar refractivity (Wildman–Crippen MR) is 56.7 cm³/mol. The quantitative estimate of drug-likeness (QED) is 0.526. The summed E-state index contributed by atoms with van der Waals surface area (Å²) in [5.74, 6) is -4.07. The third kappa shape index (κ3) is 2.38. The summed E-state index contributed by atoms with van der Waals surface area (Å²) in [6.07, 6.45) is 0. The van der Waals surface area contributed by atoms with E-state index in [0.717, 1.165) is 6.07 Å². The molecular weight excluding hydrogens is 283 g/mol. The molecule has 0 aromatic heterocycles. The molecule has 4 nitrogen and oxygen atoms in total. The van der Waals surface area contributed by atoms with Gasteiger partial charge in [0.1, 0.15) is 0 Å². The van der Waals surface area contributed by atoms with Gasteiger partial charge >= 0.3 is 5.97 Å². The summed E-state index contributed by atoms with van der Waals surface area (Å²) in [7, 11) is 0. The molecule has 0 atom stereocenters. The van der Waals surface area contributed by atoms with Gasteiger partial charge in [0, 0.05) is 4.47 Å². The third-order valence-corrected chi connectivity index (χ3v) is 2.43. The topological polar surface area (TPSA) is 63.6 Å². The van der Waals surface area contributed by atoms with Crippen molar-refractivity contribution in [1.29, 1.82) is 0 Å². The Kier molecular flexibility index (Phi) is 4.00. The zero-order valence-electron chi connectivity index (χ0n) is 8.29. The fraction of sp³-hybridized carbons (Fsp3) is 0.200. The molecule has 0 amide bonds. The zero-order valence-corrected chi connectivity index (χ0v) is 9.88. The van der Waals surface area contributed by atoms with Gasteiger partial charge in [0.2, 0.25) is 0 Å². The lowest BCUT2D eigenvalue weighted by molar-refractivity contribution is -0.137. The molecule has 0 bridgehead atoms. The van der Waals surface area contributed by atoms with E-state index in [1.165, 1.54) is 13.0 Å². The number of benzene rings is 1. The molecule has 0 aliphatic heterocycles. The van der Waals surface area contributed by atoms with Crippen LogP contribution in [-0.4, -0.2) is 23.5 Å². The van der Waals surface area contributed by atoms with Crippen molar-refractivity contribution in [2.45, 2.75) is 6.92 Å². The SMILES string of the molecule is CCOC(=O)C(=O)c1c(Br)ccc(F)c1O. The molecule has 6 heteroatoms. The van der Waals surface area contributed by atoms with Gasteiger partial charge in [0.15, 0.2) is 11.6 Å². The van der Waals surface area contributed by atoms with E-state index in [0.29, 0.717) is 0 Å². The number of carbonyl (C=O) groups is 2. The smallest absolute Gasteiger partial charge is 0.379 e. The second-order valence-corrected chi connectivity index (χ2v) is 3.66. The highest BCUT2D eigenvalue weighted by Crippen LogP contribution is 2.29. The number of hydrogen-bond acceptors (Lipinski definition) is 4. The Balaban J connectivity index is 3.18. The lowest BCUT2D eigenvalue weighted by atomic mass is 10.1. The van der Waals surface area contributed by atoms with Crippen molar-refractivity contribution in [2.75, 3.05) is 6.61 Å². The molecular formula is C10H8BrFO4. The summed E-state index contributed by atoms with van der Waals surface area (Å²) in [5.41, 5.74) is -0.432. The molecule has 0 radical (unpaired) electrons. The maximum absolute atomic E-state index is 13.0. The number of phenols is 1. The molecule has 16 heavy (non-hydrogen) atoms. The van der Waals surface area contributed by atoms with Crippen molar-refractivity contribution in [3.8, 4) is 5.75 Å². The number of phenolic OH excluding ortho intramolecular Hbond substituents is 1. The van der Waals surface area contributed by atoms with Gasteiger partial charge in [-0.3, -0.25) is 4.79 Å². The van der Waals surface area contributed by atoms with Gasteiger partial charge in [-0.15, -0.1) is 0 Å². The van der Waals surface area contributed by atoms with E-state index in [4.69, 9.17) is 0 Å². The first-order chi connectivity index (χ1) is 7.49. The summed E-state index contributed by atoms with van der Waals surface area (Å²) < 4.78 is 17.6. The Hall–Kier alpha value is -1.43. The van der Waals surface area contributed by atoms with Crippen molar-refractivity contribution in [1.82, 2.24) is 0 Å². The van der Waals surface area contributed by atoms with Gasteiger partial charge < -0.3 is 9.84 Å². The Bertz CT molecular complexity index is 445. The highest BCUT2D eigenvalue weighted by molar-refractivity contribution is 9.10. The van der Waals surface area contributed by atoms with Crippen LogP contribution in [-0.2, 0) is 9.53 Å². The third-order valence-electron chi connectivity index (χ3n) is 1.77. The monoisotopic (exact) mass is 290 g/mol. The van der Waals surface area contributed by atoms with E-state index in [2.05, 4.69) is 20.7 Å². The number of ether oxygens (including phenoxy) is 1. The first-order valence-corrected chi connectivity index (χ1v) is 5.16. The minimum atomic E-state index is -1.14. The molecule has 1 aromatic carbocycles. The van der Waals surface area contributed by atoms with Gasteiger partial charge in [0.05, 0.1) is 12.2 Å². The molecule has 1 N–H and O–H groups in total. The second-order valence-electron chi connectivity index (χ2n) is 2.80. The van der Waals surface area contributed by atoms with E-state index in [1.54, 1.807) is 0 Å². The molecule has 0 fully saturated rings. The van der Waals surface area contributed by atoms with E-state index in [-0.39, 0.29) is 11.1 Å². The molecule has 0 heterocycles. The minimum absolute atomic E-state index is 0.0261. The number of carbonyl (C=O) groups excluding carboxylic acids is 2. The summed E-state index contributed by atoms with van der Waals surface area (Å²) in [6, 6.07) is 2.20. The van der Waals surface area contributed by atoms with Crippen LogP contribution in [0.15, 0.2) is 16.6 Å². The average Bonchev–Trinajstić information content (AvgIpc) is 2.24. The van der Waals surface area contributed by atoms with Crippen LogP contribution in [0.4, 0.5) is 4.39 Å². The average molecular weight is 291 g/mol. The fourth-order valence-corrected chi connectivity index (χ4v) is 1.56. The summed E-state index contributed by atoms with van der Waals surface area (Å²) >= 11 is 2.95. The first-order valence-electron chi connectivity index (χ1n) is 4.37. The molecule has 86 valence electrons. The number of aromatic hydroxyl groups is 1. The van der Waals surface area contributed by atoms with Crippen LogP contribution in [0.2, 0.25) is 0 Å². The number of hydrogen-bond donors (Lipinski definition) is 1. The maximum atomic E-state index is 13.0. The Morgan fingerprint density at radius 2 is 2.12 bits per heavy atom. The van der Waals surface area contributed by atoms with E-state index < -0.39 is 28.9 Å². The largest absolute Gasteiger partial charge is 0.504 e. The van der Waals surface area contributed by atoms with Gasteiger partial charge in [-0.2, -0.15) is 0 Å². The molecule has 0 unspecified atom stereocenters. The Morgan fingerprint density at radius 1 is 1.50 bits per heavy atom. The van der Waals surface area contributed by atoms with Crippen LogP contribution in [0, 0.1) is 5.82 Å². The lowest BCUT2D eigenvalue weighted by Crippen LogP contribution is -2.18. The second kappa shape index (κ2) is 5.07. The number of rotatable bonds is 3. The van der Waals surface area contributed by atoms with Gasteiger partial charge in [-0.1, -0.05) is 0 Å². The highest BCUT2D eigenvalue weighted by Gasteiger charge is 2.25. The maximum Gasteiger partial charge on any atom is 0.379 e. The van der Waals surface area contributed by atoms with Crippen LogP contribution >= 0.6 is 15.9 Å². The standard InChI is InChI=1S/C10H8BrFO4/c1-2-16-10(15)9(14)7-5(11)3-4-6(12)8(7)13/h3-4,13H,2H2,1H3. The van der Waals surface area contributed by atoms with Gasteiger partial charge in [-0.05, 0) is 35.0 Å². The number of ketones is 1. The first kappa shape index (κ1) is 12.6. The van der Waals surface area contributed by atoms with Crippen molar-refractivity contribution >= 4 is 27.7 Å². The summed E-state index contributed by atoms with van der Waals surface area (Å²) in [6.45, 7) is 1.56. The number of esters is 1. The highest BCUT2D eigenvalue weighted by atomic mass is 79.9. The zero-order chi connectivity index (χ0) is 12.3. The van der Waals surface area contributed by atoms with Crippen LogP contribution in [0.1, 0.15) is 17.3 Å². The van der Waals surface area contributed by atoms with Crippen molar-refractivity contribution in [3.63, 3.8) is 0 Å². The molecule has 0 spiro atoms. The Morgan fingerprint density at radius 3 is 2.69 bits per heavy atom. The minimum Gasteiger partial charge on any atom is -0.504 e. The number of Topliss-reactive ketones (excluding diaryl/α,β-unsaturated/α-hetero) is 1. The van der Waals surface area contributed by atoms with E-state index >= 15 is 0 Å². The fourth-order valence-electron chi connectivity index (χ4n) is 1.06. The van der Waals surface area contributed by atoms with Crippen molar-refractivity contribution < 1.29 is 23.8 Å². The van der Waals surface area contributed by atoms with Crippen LogP contribution in [0.3, 0.4) is 0 Å². The van der Waals surface area contributed by atoms with Crippen LogP contribution < -0.4 is 0 Å². The predicted octanol–water partition coefficient (Wildman–Crippen LogP) is 2.04. The summed E-state index contributed by atoms with van der Waals surface area (Å²) in [4.78, 5) is 22.6. The normalized spacial score (nSPS) is 9.94. The van der Waals surface area contributed by atoms with Crippen molar-refractivity contribution in [2.24, 2.45) is 0 Å². The molecule has 0 aliphatic rings. The molecule has 0 aliphatic carbocycles. The molecule has 0 saturated heterocycles. The molecule has 0 saturated carbocycles. The van der Waals surface area contributed by atoms with Crippen LogP contribution in [0.5, 0.6) is 5.75 Å². The Labute approximate surface area is 99.2 Å². The van der Waals surface area contributed by atoms with E-state index in [1.807, 2.05) is 0 Å². The van der Waals surface area contributed by atoms with Gasteiger partial charge in [0.25, 0.3) is 5.78 Å².